The summed E-state index contributed by atoms with van der Waals surface area (Å²) in [5.74, 6) is -0.380. The molecule has 0 aromatic carbocycles. The van der Waals surface area contributed by atoms with Gasteiger partial charge < -0.3 is 14.8 Å². The van der Waals surface area contributed by atoms with Crippen molar-refractivity contribution in [2.24, 2.45) is 0 Å². The van der Waals surface area contributed by atoms with Gasteiger partial charge in [0.15, 0.2) is 0 Å². The molecular formula is C14H15NO3S. The molecule has 1 aliphatic carbocycles. The summed E-state index contributed by atoms with van der Waals surface area (Å²) in [7, 11) is 0. The summed E-state index contributed by atoms with van der Waals surface area (Å²) in [6.45, 7) is 1.36. The topological polar surface area (TPSA) is 62.5 Å². The molecule has 3 rings (SSSR count). The number of aryl methyl sites for hydroxylation is 2. The zero-order chi connectivity index (χ0) is 13.2. The predicted molar refractivity (Wildman–Crippen MR) is 72.6 cm³/mol. The Morgan fingerprint density at radius 3 is 3.00 bits per heavy atom. The van der Waals surface area contributed by atoms with Crippen molar-refractivity contribution in [3.05, 3.63) is 45.0 Å². The Morgan fingerprint density at radius 2 is 2.26 bits per heavy atom. The van der Waals surface area contributed by atoms with Gasteiger partial charge in [-0.15, -0.1) is 11.3 Å². The SMILES string of the molecule is O=C(O)c1ccc(CNCc2cc3c(s2)CCC3)o1. The van der Waals surface area contributed by atoms with Crippen LogP contribution < -0.4 is 5.32 Å². The first-order valence-electron chi connectivity index (χ1n) is 6.35. The first-order chi connectivity index (χ1) is 9.22. The first-order valence-corrected chi connectivity index (χ1v) is 7.17. The van der Waals surface area contributed by atoms with Gasteiger partial charge in [-0.05, 0) is 43.0 Å². The molecule has 0 atom stereocenters. The number of carbonyl (C=O) groups is 1. The van der Waals surface area contributed by atoms with Gasteiger partial charge in [-0.2, -0.15) is 0 Å². The van der Waals surface area contributed by atoms with Crippen LogP contribution in [0.4, 0.5) is 0 Å². The van der Waals surface area contributed by atoms with Crippen molar-refractivity contribution in [1.29, 1.82) is 0 Å². The van der Waals surface area contributed by atoms with Crippen molar-refractivity contribution in [3.63, 3.8) is 0 Å². The van der Waals surface area contributed by atoms with Gasteiger partial charge in [0.2, 0.25) is 5.76 Å². The summed E-state index contributed by atoms with van der Waals surface area (Å²) >= 11 is 1.88. The first kappa shape index (κ1) is 12.4. The molecule has 0 unspecified atom stereocenters. The van der Waals surface area contributed by atoms with Gasteiger partial charge in [0, 0.05) is 16.3 Å². The summed E-state index contributed by atoms with van der Waals surface area (Å²) in [5, 5.41) is 12.0. The number of hydrogen-bond acceptors (Lipinski definition) is 4. The Hall–Kier alpha value is -1.59. The molecule has 0 fully saturated rings. The molecule has 1 aliphatic rings. The molecule has 100 valence electrons. The lowest BCUT2D eigenvalue weighted by Crippen LogP contribution is -2.11. The zero-order valence-corrected chi connectivity index (χ0v) is 11.3. The minimum Gasteiger partial charge on any atom is -0.475 e. The summed E-state index contributed by atoms with van der Waals surface area (Å²) in [6, 6.07) is 5.47. The number of nitrogens with one attached hydrogen (secondary N) is 1. The largest absolute Gasteiger partial charge is 0.475 e. The van der Waals surface area contributed by atoms with Gasteiger partial charge in [-0.1, -0.05) is 0 Å². The Labute approximate surface area is 115 Å². The quantitative estimate of drug-likeness (QED) is 0.882. The van der Waals surface area contributed by atoms with E-state index >= 15 is 0 Å². The van der Waals surface area contributed by atoms with E-state index in [1.807, 2.05) is 11.3 Å². The minimum absolute atomic E-state index is 0.00750. The number of hydrogen-bond donors (Lipinski definition) is 2. The van der Waals surface area contributed by atoms with Crippen LogP contribution in [0, 0.1) is 0 Å². The van der Waals surface area contributed by atoms with Crippen molar-refractivity contribution < 1.29 is 14.3 Å². The normalized spacial score (nSPS) is 13.7. The zero-order valence-electron chi connectivity index (χ0n) is 10.4. The van der Waals surface area contributed by atoms with Crippen LogP contribution in [0.5, 0.6) is 0 Å². The molecule has 0 aliphatic heterocycles. The van der Waals surface area contributed by atoms with Gasteiger partial charge >= 0.3 is 5.97 Å². The summed E-state index contributed by atoms with van der Waals surface area (Å²) < 4.78 is 5.19. The monoisotopic (exact) mass is 277 g/mol. The molecule has 5 heteroatoms. The van der Waals surface area contributed by atoms with E-state index in [4.69, 9.17) is 9.52 Å². The number of aromatic carboxylic acids is 1. The van der Waals surface area contributed by atoms with E-state index in [0.717, 1.165) is 6.54 Å². The van der Waals surface area contributed by atoms with Crippen molar-refractivity contribution in [2.45, 2.75) is 32.4 Å². The highest BCUT2D eigenvalue weighted by atomic mass is 32.1. The third-order valence-electron chi connectivity index (χ3n) is 3.27. The molecule has 0 amide bonds. The number of fused-ring (bicyclic) bond motifs is 1. The van der Waals surface area contributed by atoms with Crippen LogP contribution in [0.25, 0.3) is 0 Å². The molecule has 0 saturated heterocycles. The maximum Gasteiger partial charge on any atom is 0.371 e. The third-order valence-corrected chi connectivity index (χ3v) is 4.51. The lowest BCUT2D eigenvalue weighted by Gasteiger charge is -2.00. The van der Waals surface area contributed by atoms with Crippen LogP contribution in [0.15, 0.2) is 22.6 Å². The maximum absolute atomic E-state index is 10.7. The number of carboxylic acid groups (broad SMARTS) is 1. The van der Waals surface area contributed by atoms with Crippen molar-refractivity contribution in [2.75, 3.05) is 0 Å². The summed E-state index contributed by atoms with van der Waals surface area (Å²) in [5.41, 5.74) is 1.51. The van der Waals surface area contributed by atoms with Gasteiger partial charge in [0.1, 0.15) is 5.76 Å². The smallest absolute Gasteiger partial charge is 0.371 e. The van der Waals surface area contributed by atoms with E-state index in [1.165, 1.54) is 40.6 Å². The van der Waals surface area contributed by atoms with E-state index in [9.17, 15) is 4.79 Å². The Morgan fingerprint density at radius 1 is 1.37 bits per heavy atom. The van der Waals surface area contributed by atoms with Crippen LogP contribution in [0.2, 0.25) is 0 Å². The predicted octanol–water partition coefficient (Wildman–Crippen LogP) is 2.82. The lowest BCUT2D eigenvalue weighted by atomic mass is 10.2. The summed E-state index contributed by atoms with van der Waals surface area (Å²) in [6.07, 6.45) is 3.73. The molecule has 19 heavy (non-hydrogen) atoms. The molecule has 2 N–H and O–H groups in total. The third kappa shape index (κ3) is 2.72. The Bertz CT molecular complexity index is 578. The molecule has 2 aromatic rings. The molecule has 2 aromatic heterocycles. The molecule has 0 bridgehead atoms. The standard InChI is InChI=1S/C14H15NO3S/c16-14(17)12-5-4-10(18-12)7-15-8-11-6-9-2-1-3-13(9)19-11/h4-6,15H,1-3,7-8H2,(H,16,17). The number of carboxylic acids is 1. The highest BCUT2D eigenvalue weighted by molar-refractivity contribution is 7.12. The van der Waals surface area contributed by atoms with Crippen LogP contribution in [-0.2, 0) is 25.9 Å². The van der Waals surface area contributed by atoms with Gasteiger partial charge in [-0.3, -0.25) is 0 Å². The van der Waals surface area contributed by atoms with Crippen LogP contribution >= 0.6 is 11.3 Å². The minimum atomic E-state index is -1.03. The maximum atomic E-state index is 10.7. The van der Waals surface area contributed by atoms with Crippen molar-refractivity contribution in [1.82, 2.24) is 5.32 Å². The van der Waals surface area contributed by atoms with E-state index in [2.05, 4.69) is 11.4 Å². The second-order valence-electron chi connectivity index (χ2n) is 4.69. The van der Waals surface area contributed by atoms with Crippen LogP contribution in [-0.4, -0.2) is 11.1 Å². The van der Waals surface area contributed by atoms with Gasteiger partial charge in [-0.25, -0.2) is 4.79 Å². The molecule has 4 nitrogen and oxygen atoms in total. The lowest BCUT2D eigenvalue weighted by molar-refractivity contribution is 0.0660. The molecule has 0 spiro atoms. The molecule has 0 saturated carbocycles. The molecule has 2 heterocycles. The average Bonchev–Trinajstić information content (AvgIpc) is 3.02. The van der Waals surface area contributed by atoms with E-state index < -0.39 is 5.97 Å². The van der Waals surface area contributed by atoms with Gasteiger partial charge in [0.25, 0.3) is 0 Å². The van der Waals surface area contributed by atoms with E-state index in [0.29, 0.717) is 12.3 Å². The van der Waals surface area contributed by atoms with Crippen LogP contribution in [0.3, 0.4) is 0 Å². The van der Waals surface area contributed by atoms with Crippen LogP contribution in [0.1, 0.15) is 38.1 Å². The fourth-order valence-corrected chi connectivity index (χ4v) is 3.60. The number of furan rings is 1. The van der Waals surface area contributed by atoms with Crippen molar-refractivity contribution >= 4 is 17.3 Å². The fraction of sp³-hybridized carbons (Fsp3) is 0.357. The van der Waals surface area contributed by atoms with Crippen molar-refractivity contribution in [3.8, 4) is 0 Å². The second kappa shape index (κ2) is 5.19. The van der Waals surface area contributed by atoms with Gasteiger partial charge in [0.05, 0.1) is 6.54 Å². The van der Waals surface area contributed by atoms with E-state index in [1.54, 1.807) is 6.07 Å². The highest BCUT2D eigenvalue weighted by Gasteiger charge is 2.14. The second-order valence-corrected chi connectivity index (χ2v) is 5.91. The Balaban J connectivity index is 1.53. The summed E-state index contributed by atoms with van der Waals surface area (Å²) in [4.78, 5) is 13.5. The number of thiophene rings is 1. The highest BCUT2D eigenvalue weighted by Crippen LogP contribution is 2.30. The average molecular weight is 277 g/mol. The van der Waals surface area contributed by atoms with E-state index in [-0.39, 0.29) is 5.76 Å². The fourth-order valence-electron chi connectivity index (χ4n) is 2.37. The number of rotatable bonds is 5. The molecular weight excluding hydrogens is 262 g/mol. The Kier molecular flexibility index (Phi) is 3.40. The molecule has 0 radical (unpaired) electrons.